The molecule has 2 rings (SSSR count). The number of nitrogens with one attached hydrogen (secondary N) is 1. The molecule has 0 saturated carbocycles. The van der Waals surface area contributed by atoms with Crippen LogP contribution in [-0.4, -0.2) is 16.8 Å². The van der Waals surface area contributed by atoms with Crippen LogP contribution in [0.5, 0.6) is 0 Å². The van der Waals surface area contributed by atoms with Crippen molar-refractivity contribution < 1.29 is 19.1 Å². The standard InChI is InChI=1S/C13H11BrFNO3/c1-6(17)12-11(18)5-10(16-13(12)19)8-3-2-7(15)4-9(8)14/h2-4,10,17H,5H2,1H3,(H,16,19)/t10-/m1/s1. The van der Waals surface area contributed by atoms with Gasteiger partial charge in [0.1, 0.15) is 17.1 Å². The number of benzene rings is 1. The van der Waals surface area contributed by atoms with Crippen molar-refractivity contribution in [2.75, 3.05) is 0 Å². The molecule has 0 aliphatic carbocycles. The minimum atomic E-state index is -0.613. The monoisotopic (exact) mass is 327 g/mol. The smallest absolute Gasteiger partial charge is 0.258 e. The van der Waals surface area contributed by atoms with E-state index in [1.165, 1.54) is 25.1 Å². The van der Waals surface area contributed by atoms with E-state index in [1.54, 1.807) is 0 Å². The van der Waals surface area contributed by atoms with E-state index in [0.717, 1.165) is 0 Å². The van der Waals surface area contributed by atoms with E-state index in [0.29, 0.717) is 10.0 Å². The summed E-state index contributed by atoms with van der Waals surface area (Å²) in [5.74, 6) is -1.74. The third-order valence-electron chi connectivity index (χ3n) is 2.90. The molecule has 1 fully saturated rings. The molecule has 0 spiro atoms. The Morgan fingerprint density at radius 3 is 2.68 bits per heavy atom. The van der Waals surface area contributed by atoms with Crippen LogP contribution >= 0.6 is 15.9 Å². The van der Waals surface area contributed by atoms with Gasteiger partial charge in [-0.25, -0.2) is 4.39 Å². The van der Waals surface area contributed by atoms with Gasteiger partial charge in [-0.05, 0) is 24.6 Å². The maximum atomic E-state index is 13.0. The molecule has 1 atom stereocenters. The lowest BCUT2D eigenvalue weighted by molar-refractivity contribution is -0.126. The Kier molecular flexibility index (Phi) is 3.71. The SMILES string of the molecule is CC(O)=C1C(=O)C[C@H](c2ccc(F)cc2Br)NC1=O. The van der Waals surface area contributed by atoms with Crippen molar-refractivity contribution in [3.8, 4) is 0 Å². The Morgan fingerprint density at radius 2 is 2.16 bits per heavy atom. The van der Waals surface area contributed by atoms with Crippen LogP contribution in [-0.2, 0) is 9.59 Å². The summed E-state index contributed by atoms with van der Waals surface area (Å²) in [7, 11) is 0. The highest BCUT2D eigenvalue weighted by Crippen LogP contribution is 2.30. The summed E-state index contributed by atoms with van der Waals surface area (Å²) >= 11 is 3.20. The molecule has 1 saturated heterocycles. The van der Waals surface area contributed by atoms with E-state index < -0.39 is 23.5 Å². The number of hydrogen-bond donors (Lipinski definition) is 2. The van der Waals surface area contributed by atoms with E-state index in [4.69, 9.17) is 0 Å². The first kappa shape index (κ1) is 13.7. The van der Waals surface area contributed by atoms with Crippen molar-refractivity contribution in [2.45, 2.75) is 19.4 Å². The van der Waals surface area contributed by atoms with Crippen LogP contribution in [0, 0.1) is 5.82 Å². The fraction of sp³-hybridized carbons (Fsp3) is 0.231. The summed E-state index contributed by atoms with van der Waals surface area (Å²) in [5, 5.41) is 11.9. The number of ketones is 1. The van der Waals surface area contributed by atoms with Crippen molar-refractivity contribution in [3.63, 3.8) is 0 Å². The zero-order chi connectivity index (χ0) is 14.2. The van der Waals surface area contributed by atoms with Gasteiger partial charge in [0, 0.05) is 10.9 Å². The molecule has 1 aromatic rings. The molecule has 19 heavy (non-hydrogen) atoms. The lowest BCUT2D eigenvalue weighted by Crippen LogP contribution is -2.40. The first-order valence-electron chi connectivity index (χ1n) is 5.59. The van der Waals surface area contributed by atoms with Crippen LogP contribution in [0.15, 0.2) is 34.0 Å². The van der Waals surface area contributed by atoms with E-state index >= 15 is 0 Å². The normalized spacial score (nSPS) is 22.2. The van der Waals surface area contributed by atoms with E-state index in [9.17, 15) is 19.1 Å². The van der Waals surface area contributed by atoms with Gasteiger partial charge in [0.2, 0.25) is 0 Å². The van der Waals surface area contributed by atoms with Gasteiger partial charge in [0.05, 0.1) is 6.04 Å². The number of allylic oxidation sites excluding steroid dienone is 1. The van der Waals surface area contributed by atoms with Crippen LogP contribution in [0.2, 0.25) is 0 Å². The van der Waals surface area contributed by atoms with Crippen LogP contribution in [0.3, 0.4) is 0 Å². The third-order valence-corrected chi connectivity index (χ3v) is 3.59. The summed E-state index contributed by atoms with van der Waals surface area (Å²) in [6.45, 7) is 1.29. The molecule has 1 amide bonds. The van der Waals surface area contributed by atoms with Gasteiger partial charge in [-0.1, -0.05) is 22.0 Å². The Hall–Kier alpha value is -1.69. The number of amides is 1. The lowest BCUT2D eigenvalue weighted by Gasteiger charge is -2.25. The molecule has 0 unspecified atom stereocenters. The molecule has 2 N–H and O–H groups in total. The second-order valence-electron chi connectivity index (χ2n) is 4.28. The van der Waals surface area contributed by atoms with Gasteiger partial charge in [-0.3, -0.25) is 9.59 Å². The minimum absolute atomic E-state index is 0.0310. The fourth-order valence-corrected chi connectivity index (χ4v) is 2.66. The molecular formula is C13H11BrFNO3. The number of hydrogen-bond acceptors (Lipinski definition) is 3. The molecular weight excluding hydrogens is 317 g/mol. The van der Waals surface area contributed by atoms with Crippen LogP contribution < -0.4 is 5.32 Å². The predicted molar refractivity (Wildman–Crippen MR) is 69.9 cm³/mol. The maximum absolute atomic E-state index is 13.0. The van der Waals surface area contributed by atoms with Crippen molar-refractivity contribution in [2.24, 2.45) is 0 Å². The highest BCUT2D eigenvalue weighted by atomic mass is 79.9. The number of aliphatic hydroxyl groups is 1. The molecule has 6 heteroatoms. The minimum Gasteiger partial charge on any atom is -0.512 e. The maximum Gasteiger partial charge on any atom is 0.258 e. The number of carbonyl (C=O) groups is 2. The Bertz CT molecular complexity index is 574. The average Bonchev–Trinajstić information content (AvgIpc) is 2.26. The van der Waals surface area contributed by atoms with Crippen molar-refractivity contribution in [1.29, 1.82) is 0 Å². The van der Waals surface area contributed by atoms with Gasteiger partial charge in [-0.15, -0.1) is 0 Å². The topological polar surface area (TPSA) is 66.4 Å². The van der Waals surface area contributed by atoms with Crippen molar-refractivity contribution in [1.82, 2.24) is 5.32 Å². The first-order valence-corrected chi connectivity index (χ1v) is 6.38. The average molecular weight is 328 g/mol. The molecule has 0 aromatic heterocycles. The van der Waals surface area contributed by atoms with Crippen LogP contribution in [0.25, 0.3) is 0 Å². The fourth-order valence-electron chi connectivity index (χ4n) is 2.03. The molecule has 4 nitrogen and oxygen atoms in total. The van der Waals surface area contributed by atoms with Gasteiger partial charge < -0.3 is 10.4 Å². The molecule has 1 heterocycles. The van der Waals surface area contributed by atoms with Crippen molar-refractivity contribution in [3.05, 3.63) is 45.4 Å². The number of halogens is 2. The second-order valence-corrected chi connectivity index (χ2v) is 5.13. The summed E-state index contributed by atoms with van der Waals surface area (Å²) in [6.07, 6.45) is 0.0310. The van der Waals surface area contributed by atoms with Gasteiger partial charge in [0.25, 0.3) is 5.91 Å². The highest BCUT2D eigenvalue weighted by Gasteiger charge is 2.33. The number of Topliss-reactive ketones (excluding diaryl/α,β-unsaturated/α-hetero) is 1. The molecule has 1 aliphatic heterocycles. The molecule has 100 valence electrons. The highest BCUT2D eigenvalue weighted by molar-refractivity contribution is 9.10. The summed E-state index contributed by atoms with van der Waals surface area (Å²) in [6, 6.07) is 3.52. The second kappa shape index (κ2) is 5.13. The zero-order valence-electron chi connectivity index (χ0n) is 10.0. The predicted octanol–water partition coefficient (Wildman–Crippen LogP) is 2.55. The zero-order valence-corrected chi connectivity index (χ0v) is 11.6. The third kappa shape index (κ3) is 2.68. The Balaban J connectivity index is 2.33. The molecule has 0 bridgehead atoms. The Morgan fingerprint density at radius 1 is 1.47 bits per heavy atom. The quantitative estimate of drug-likeness (QED) is 0.473. The van der Waals surface area contributed by atoms with E-state index in [2.05, 4.69) is 21.2 Å². The summed E-state index contributed by atoms with van der Waals surface area (Å²) in [5.41, 5.74) is 0.409. The van der Waals surface area contributed by atoms with Gasteiger partial charge in [-0.2, -0.15) is 0 Å². The molecule has 1 aliphatic rings. The first-order chi connectivity index (χ1) is 8.90. The van der Waals surface area contributed by atoms with Crippen LogP contribution in [0.4, 0.5) is 4.39 Å². The van der Waals surface area contributed by atoms with Gasteiger partial charge in [0.15, 0.2) is 5.78 Å². The van der Waals surface area contributed by atoms with Gasteiger partial charge >= 0.3 is 0 Å². The largest absolute Gasteiger partial charge is 0.512 e. The van der Waals surface area contributed by atoms with E-state index in [1.807, 2.05) is 0 Å². The summed E-state index contributed by atoms with van der Waals surface area (Å²) < 4.78 is 13.5. The lowest BCUT2D eigenvalue weighted by atomic mass is 9.92. The number of piperidine rings is 1. The van der Waals surface area contributed by atoms with Crippen molar-refractivity contribution >= 4 is 27.6 Å². The number of rotatable bonds is 1. The molecule has 1 aromatic carbocycles. The Labute approximate surface area is 117 Å². The number of aliphatic hydroxyl groups excluding tert-OH is 1. The van der Waals surface area contributed by atoms with Crippen LogP contribution in [0.1, 0.15) is 24.9 Å². The molecule has 0 radical (unpaired) electrons. The van der Waals surface area contributed by atoms with E-state index in [-0.39, 0.29) is 17.8 Å². The summed E-state index contributed by atoms with van der Waals surface area (Å²) in [4.78, 5) is 23.6. The number of carbonyl (C=O) groups excluding carboxylic acids is 2.